The fourth-order valence-electron chi connectivity index (χ4n) is 3.24. The number of ether oxygens (including phenoxy) is 1. The van der Waals surface area contributed by atoms with Gasteiger partial charge in [0.15, 0.2) is 5.82 Å². The van der Waals surface area contributed by atoms with Gasteiger partial charge in [-0.05, 0) is 18.2 Å². The van der Waals surface area contributed by atoms with Crippen molar-refractivity contribution < 1.29 is 13.2 Å². The maximum Gasteiger partial charge on any atom is 0.231 e. The average Bonchev–Trinajstić information content (AvgIpc) is 2.77. The summed E-state index contributed by atoms with van der Waals surface area (Å²) >= 11 is 0. The molecule has 3 heterocycles. The molecule has 0 unspecified atom stereocenters. The first-order valence-corrected chi connectivity index (χ1v) is 11.5. The molecule has 2 aromatic heterocycles. The maximum absolute atomic E-state index is 11.8. The van der Waals surface area contributed by atoms with Gasteiger partial charge in [0, 0.05) is 44.6 Å². The molecule has 1 atom stereocenters. The monoisotopic (exact) mass is 428 g/mol. The Morgan fingerprint density at radius 3 is 2.70 bits per heavy atom. The summed E-state index contributed by atoms with van der Waals surface area (Å²) < 4.78 is 30.5. The highest BCUT2D eigenvalue weighted by Gasteiger charge is 2.16. The Bertz CT molecular complexity index is 1130. The van der Waals surface area contributed by atoms with Crippen LogP contribution < -0.4 is 14.9 Å². The molecule has 0 radical (unpaired) electrons. The van der Waals surface area contributed by atoms with Crippen LogP contribution in [0.4, 0.5) is 11.5 Å². The standard InChI is InChI=1S/C20H24N6O3S/c1-26(30(2,27)28)15-5-3-14(4-6-15)17-11-18-19(23-8-7-22-18)20(25-17)24-13-16-12-21-9-10-29-16/h3-8,11,16,21H,9-10,12-13H2,1-2H3,(H,24,25)/t16-/m0/s1. The topological polar surface area (TPSA) is 109 Å². The van der Waals surface area contributed by atoms with E-state index in [-0.39, 0.29) is 6.10 Å². The number of nitrogens with zero attached hydrogens (tertiary/aromatic N) is 4. The smallest absolute Gasteiger partial charge is 0.231 e. The quantitative estimate of drug-likeness (QED) is 0.608. The number of hydrogen-bond acceptors (Lipinski definition) is 8. The summed E-state index contributed by atoms with van der Waals surface area (Å²) in [5, 5.41) is 6.66. The summed E-state index contributed by atoms with van der Waals surface area (Å²) in [6.45, 7) is 2.94. The van der Waals surface area contributed by atoms with Crippen molar-refractivity contribution in [2.24, 2.45) is 0 Å². The Kier molecular flexibility index (Phi) is 5.80. The van der Waals surface area contributed by atoms with Crippen molar-refractivity contribution in [2.45, 2.75) is 6.10 Å². The van der Waals surface area contributed by atoms with E-state index in [1.54, 1.807) is 24.5 Å². The molecule has 1 aliphatic rings. The molecule has 3 aromatic rings. The molecule has 1 fully saturated rings. The van der Waals surface area contributed by atoms with Crippen LogP contribution in [0.15, 0.2) is 42.7 Å². The zero-order valence-corrected chi connectivity index (χ0v) is 17.7. The normalized spacial score (nSPS) is 17.1. The van der Waals surface area contributed by atoms with Gasteiger partial charge in [0.2, 0.25) is 10.0 Å². The van der Waals surface area contributed by atoms with Gasteiger partial charge in [0.1, 0.15) is 5.52 Å². The molecule has 0 spiro atoms. The van der Waals surface area contributed by atoms with Gasteiger partial charge in [-0.15, -0.1) is 0 Å². The predicted molar refractivity (Wildman–Crippen MR) is 117 cm³/mol. The fraction of sp³-hybridized carbons (Fsp3) is 0.350. The Morgan fingerprint density at radius 1 is 1.23 bits per heavy atom. The van der Waals surface area contributed by atoms with Crippen LogP contribution in [-0.4, -0.2) is 69.0 Å². The van der Waals surface area contributed by atoms with E-state index >= 15 is 0 Å². The van der Waals surface area contributed by atoms with Crippen molar-refractivity contribution >= 4 is 32.6 Å². The lowest BCUT2D eigenvalue weighted by Crippen LogP contribution is -2.42. The van der Waals surface area contributed by atoms with E-state index in [1.807, 2.05) is 18.2 Å². The minimum Gasteiger partial charge on any atom is -0.374 e. The Labute approximate surface area is 175 Å². The van der Waals surface area contributed by atoms with E-state index in [1.165, 1.54) is 17.6 Å². The molecule has 158 valence electrons. The molecule has 0 aliphatic carbocycles. The second kappa shape index (κ2) is 8.50. The molecule has 1 aliphatic heterocycles. The minimum absolute atomic E-state index is 0.0572. The van der Waals surface area contributed by atoms with E-state index in [2.05, 4.69) is 20.6 Å². The van der Waals surface area contributed by atoms with Gasteiger partial charge in [0.05, 0.1) is 35.9 Å². The van der Waals surface area contributed by atoms with E-state index in [4.69, 9.17) is 9.72 Å². The van der Waals surface area contributed by atoms with Crippen LogP contribution >= 0.6 is 0 Å². The van der Waals surface area contributed by atoms with Gasteiger partial charge in [-0.1, -0.05) is 12.1 Å². The SMILES string of the molecule is CN(c1ccc(-c2cc3nccnc3c(NC[C@@H]3CNCCO3)n2)cc1)S(C)(=O)=O. The van der Waals surface area contributed by atoms with Crippen molar-refractivity contribution in [1.29, 1.82) is 0 Å². The fourth-order valence-corrected chi connectivity index (χ4v) is 3.74. The Hall–Kier alpha value is -2.82. The number of hydrogen-bond donors (Lipinski definition) is 2. The highest BCUT2D eigenvalue weighted by atomic mass is 32.2. The number of aromatic nitrogens is 3. The second-order valence-corrected chi connectivity index (χ2v) is 9.15. The number of rotatable bonds is 6. The lowest BCUT2D eigenvalue weighted by Gasteiger charge is -2.24. The van der Waals surface area contributed by atoms with Crippen LogP contribution in [0.1, 0.15) is 0 Å². The number of nitrogens with one attached hydrogen (secondary N) is 2. The van der Waals surface area contributed by atoms with Crippen LogP contribution in [0.5, 0.6) is 0 Å². The molecule has 30 heavy (non-hydrogen) atoms. The largest absolute Gasteiger partial charge is 0.374 e. The third kappa shape index (κ3) is 4.50. The average molecular weight is 429 g/mol. The lowest BCUT2D eigenvalue weighted by molar-refractivity contribution is 0.0372. The van der Waals surface area contributed by atoms with Crippen molar-refractivity contribution in [3.8, 4) is 11.3 Å². The Morgan fingerprint density at radius 2 is 2.00 bits per heavy atom. The molecule has 0 bridgehead atoms. The third-order valence-corrected chi connectivity index (χ3v) is 6.19. The van der Waals surface area contributed by atoms with Crippen LogP contribution in [0.25, 0.3) is 22.3 Å². The number of fused-ring (bicyclic) bond motifs is 1. The molecule has 0 saturated carbocycles. The molecule has 4 rings (SSSR count). The molecule has 0 amide bonds. The van der Waals surface area contributed by atoms with Crippen molar-refractivity contribution in [3.63, 3.8) is 0 Å². The summed E-state index contributed by atoms with van der Waals surface area (Å²) in [7, 11) is -1.79. The number of morpholine rings is 1. The molecular weight excluding hydrogens is 404 g/mol. The highest BCUT2D eigenvalue weighted by molar-refractivity contribution is 7.92. The van der Waals surface area contributed by atoms with Crippen molar-refractivity contribution in [1.82, 2.24) is 20.3 Å². The van der Waals surface area contributed by atoms with Gasteiger partial charge in [-0.3, -0.25) is 9.29 Å². The first kappa shape index (κ1) is 20.5. The number of pyridine rings is 1. The number of anilines is 2. The first-order valence-electron chi connectivity index (χ1n) is 9.64. The van der Waals surface area contributed by atoms with E-state index in [0.29, 0.717) is 30.2 Å². The summed E-state index contributed by atoms with van der Waals surface area (Å²) in [6.07, 6.45) is 4.52. The van der Waals surface area contributed by atoms with Crippen molar-refractivity contribution in [2.75, 3.05) is 49.2 Å². The van der Waals surface area contributed by atoms with Gasteiger partial charge in [0.25, 0.3) is 0 Å². The number of sulfonamides is 1. The summed E-state index contributed by atoms with van der Waals surface area (Å²) in [5.74, 6) is 0.641. The van der Waals surface area contributed by atoms with E-state index < -0.39 is 10.0 Å². The second-order valence-electron chi connectivity index (χ2n) is 7.14. The molecule has 10 heteroatoms. The van der Waals surface area contributed by atoms with E-state index in [9.17, 15) is 8.42 Å². The van der Waals surface area contributed by atoms with Crippen LogP contribution in [0, 0.1) is 0 Å². The van der Waals surface area contributed by atoms with Gasteiger partial charge in [-0.25, -0.2) is 18.4 Å². The van der Waals surface area contributed by atoms with Crippen LogP contribution in [0.3, 0.4) is 0 Å². The molecule has 1 aromatic carbocycles. The van der Waals surface area contributed by atoms with Crippen LogP contribution in [0.2, 0.25) is 0 Å². The van der Waals surface area contributed by atoms with Gasteiger partial charge in [-0.2, -0.15) is 0 Å². The number of benzene rings is 1. The zero-order valence-electron chi connectivity index (χ0n) is 16.9. The Balaban J connectivity index is 1.64. The molecule has 2 N–H and O–H groups in total. The predicted octanol–water partition coefficient (Wildman–Crippen LogP) is 1.49. The van der Waals surface area contributed by atoms with Crippen LogP contribution in [-0.2, 0) is 14.8 Å². The first-order chi connectivity index (χ1) is 14.4. The minimum atomic E-state index is -3.31. The maximum atomic E-state index is 11.8. The van der Waals surface area contributed by atoms with E-state index in [0.717, 1.165) is 29.9 Å². The third-order valence-electron chi connectivity index (χ3n) is 4.98. The molecule has 1 saturated heterocycles. The molecule has 9 nitrogen and oxygen atoms in total. The van der Waals surface area contributed by atoms with Crippen molar-refractivity contribution in [3.05, 3.63) is 42.7 Å². The summed E-state index contributed by atoms with van der Waals surface area (Å²) in [5.41, 5.74) is 3.58. The van der Waals surface area contributed by atoms with Gasteiger partial charge >= 0.3 is 0 Å². The van der Waals surface area contributed by atoms with Gasteiger partial charge < -0.3 is 15.4 Å². The molecular formula is C20H24N6O3S. The zero-order chi connectivity index (χ0) is 21.1. The highest BCUT2D eigenvalue weighted by Crippen LogP contribution is 2.27. The summed E-state index contributed by atoms with van der Waals surface area (Å²) in [6, 6.07) is 9.08. The lowest BCUT2D eigenvalue weighted by atomic mass is 10.1. The summed E-state index contributed by atoms with van der Waals surface area (Å²) in [4.78, 5) is 13.6.